The van der Waals surface area contributed by atoms with Crippen LogP contribution in [0.2, 0.25) is 0 Å². The minimum atomic E-state index is -0.662. The van der Waals surface area contributed by atoms with Gasteiger partial charge in [0.1, 0.15) is 0 Å². The first-order valence-electron chi connectivity index (χ1n) is 38.2. The zero-order valence-corrected chi connectivity index (χ0v) is 56.9. The van der Waals surface area contributed by atoms with Gasteiger partial charge >= 0.3 is 5.97 Å². The minimum absolute atomic E-state index is 0.0119. The number of carbonyl (C=O) groups excluding carboxylic acids is 2. The van der Waals surface area contributed by atoms with E-state index >= 15 is 0 Å². The highest BCUT2D eigenvalue weighted by molar-refractivity contribution is 5.76. The first kappa shape index (κ1) is 82.1. The fourth-order valence-corrected chi connectivity index (χ4v) is 12.1. The Morgan fingerprint density at radius 1 is 0.333 bits per heavy atom. The van der Waals surface area contributed by atoms with Crippen molar-refractivity contribution in [2.75, 3.05) is 13.2 Å². The van der Waals surface area contributed by atoms with Crippen molar-refractivity contribution < 1.29 is 24.5 Å². The molecule has 0 saturated heterocycles. The van der Waals surface area contributed by atoms with Crippen LogP contribution in [0.4, 0.5) is 0 Å². The second kappa shape index (κ2) is 73.5. The smallest absolute Gasteiger partial charge is 0.305 e. The lowest BCUT2D eigenvalue weighted by molar-refractivity contribution is -0.143. The van der Waals surface area contributed by atoms with E-state index in [-0.39, 0.29) is 18.5 Å². The van der Waals surface area contributed by atoms with Crippen LogP contribution in [0.15, 0.2) is 36.5 Å². The van der Waals surface area contributed by atoms with Gasteiger partial charge in [-0.15, -0.1) is 0 Å². The van der Waals surface area contributed by atoms with Crippen LogP contribution in [0.5, 0.6) is 0 Å². The van der Waals surface area contributed by atoms with Gasteiger partial charge in [0.05, 0.1) is 25.4 Å². The Labute approximate surface area is 525 Å². The highest BCUT2D eigenvalue weighted by Gasteiger charge is 2.20. The van der Waals surface area contributed by atoms with E-state index in [1.165, 1.54) is 340 Å². The van der Waals surface area contributed by atoms with Crippen LogP contribution in [-0.2, 0) is 14.3 Å². The number of esters is 1. The van der Waals surface area contributed by atoms with E-state index in [1.54, 1.807) is 0 Å². The third-order valence-corrected chi connectivity index (χ3v) is 17.9. The normalized spacial score (nSPS) is 12.7. The lowest BCUT2D eigenvalue weighted by Gasteiger charge is -2.22. The summed E-state index contributed by atoms with van der Waals surface area (Å²) in [7, 11) is 0. The molecule has 1 amide bonds. The summed E-state index contributed by atoms with van der Waals surface area (Å²) in [6.45, 7) is 4.97. The van der Waals surface area contributed by atoms with Crippen molar-refractivity contribution in [3.63, 3.8) is 0 Å². The molecule has 6 nitrogen and oxygen atoms in total. The summed E-state index contributed by atoms with van der Waals surface area (Å²) in [5.74, 6) is -0.0166. The molecule has 84 heavy (non-hydrogen) atoms. The van der Waals surface area contributed by atoms with Gasteiger partial charge in [0.15, 0.2) is 0 Å². The van der Waals surface area contributed by atoms with E-state index < -0.39 is 12.1 Å². The number of carbonyl (C=O) groups is 2. The molecule has 0 rings (SSSR count). The van der Waals surface area contributed by atoms with E-state index in [2.05, 4.69) is 55.6 Å². The molecule has 0 aromatic rings. The number of amides is 1. The molecule has 3 N–H and O–H groups in total. The third-order valence-electron chi connectivity index (χ3n) is 17.9. The topological polar surface area (TPSA) is 95.9 Å². The molecule has 2 atom stereocenters. The molecule has 6 heteroatoms. The van der Waals surface area contributed by atoms with Gasteiger partial charge in [0, 0.05) is 12.8 Å². The van der Waals surface area contributed by atoms with Crippen LogP contribution in [0.25, 0.3) is 0 Å². The Kier molecular flexibility index (Phi) is 71.9. The van der Waals surface area contributed by atoms with E-state index in [1.807, 2.05) is 0 Å². The van der Waals surface area contributed by atoms with Crippen molar-refractivity contribution >= 4 is 11.9 Å². The van der Waals surface area contributed by atoms with Gasteiger partial charge in [-0.25, -0.2) is 0 Å². The molecule has 0 aliphatic heterocycles. The molecular formula is C78H149NO5. The van der Waals surface area contributed by atoms with Gasteiger partial charge in [0.25, 0.3) is 0 Å². The largest absolute Gasteiger partial charge is 0.466 e. The summed E-state index contributed by atoms with van der Waals surface area (Å²) in [5.41, 5.74) is 0. The summed E-state index contributed by atoms with van der Waals surface area (Å²) >= 11 is 0. The number of rotatable bonds is 72. The minimum Gasteiger partial charge on any atom is -0.466 e. The predicted octanol–water partition coefficient (Wildman–Crippen LogP) is 25.0. The maximum absolute atomic E-state index is 12.5. The molecular weight excluding hydrogens is 1030 g/mol. The van der Waals surface area contributed by atoms with Crippen molar-refractivity contribution in [2.45, 2.75) is 437 Å². The van der Waals surface area contributed by atoms with E-state index in [0.717, 1.165) is 51.4 Å². The number of hydrogen-bond donors (Lipinski definition) is 3. The monoisotopic (exact) mass is 1180 g/mol. The second-order valence-electron chi connectivity index (χ2n) is 26.3. The lowest BCUT2D eigenvalue weighted by atomic mass is 10.0. The Bertz CT molecular complexity index is 1360. The summed E-state index contributed by atoms with van der Waals surface area (Å²) < 4.78 is 5.51. The summed E-state index contributed by atoms with van der Waals surface area (Å²) in [6, 6.07) is -0.539. The Morgan fingerprint density at radius 2 is 0.595 bits per heavy atom. The zero-order valence-electron chi connectivity index (χ0n) is 56.9. The molecule has 0 aliphatic carbocycles. The van der Waals surface area contributed by atoms with Crippen LogP contribution < -0.4 is 5.32 Å². The third kappa shape index (κ3) is 69.2. The summed E-state index contributed by atoms with van der Waals surface area (Å²) in [6.07, 6.45) is 95.1. The van der Waals surface area contributed by atoms with Crippen molar-refractivity contribution in [1.29, 1.82) is 0 Å². The van der Waals surface area contributed by atoms with Gasteiger partial charge in [-0.3, -0.25) is 9.59 Å². The zero-order chi connectivity index (χ0) is 60.6. The van der Waals surface area contributed by atoms with Crippen LogP contribution in [-0.4, -0.2) is 47.4 Å². The summed E-state index contributed by atoms with van der Waals surface area (Å²) in [5, 5.41) is 23.4. The van der Waals surface area contributed by atoms with Crippen molar-refractivity contribution in [3.8, 4) is 0 Å². The second-order valence-corrected chi connectivity index (χ2v) is 26.3. The molecule has 0 aliphatic rings. The van der Waals surface area contributed by atoms with Crippen LogP contribution in [0, 0.1) is 0 Å². The number of aliphatic hydroxyl groups is 2. The fourth-order valence-electron chi connectivity index (χ4n) is 12.1. The van der Waals surface area contributed by atoms with Crippen molar-refractivity contribution in [1.82, 2.24) is 5.32 Å². The van der Waals surface area contributed by atoms with Gasteiger partial charge in [-0.05, 0) is 83.5 Å². The SMILES string of the molecule is CCCCCC/C=C\C/C=C\CCCCCCCCCC(=O)OCCCCCCCCCCCCCC/C=C\CCCCCCCCCCCCCCCCCCCC(=O)NC(CO)C(O)CCCCCCCCCCCCCCCCCC. The molecule has 0 spiro atoms. The number of ether oxygens (including phenoxy) is 1. The van der Waals surface area contributed by atoms with Crippen LogP contribution >= 0.6 is 0 Å². The Balaban J connectivity index is 3.34. The maximum Gasteiger partial charge on any atom is 0.305 e. The van der Waals surface area contributed by atoms with Crippen molar-refractivity contribution in [3.05, 3.63) is 36.5 Å². The average Bonchev–Trinajstić information content (AvgIpc) is 3.50. The predicted molar refractivity (Wildman–Crippen MR) is 370 cm³/mol. The maximum atomic E-state index is 12.5. The number of allylic oxidation sites excluding steroid dienone is 6. The molecule has 0 heterocycles. The quantitative estimate of drug-likeness (QED) is 0.0320. The van der Waals surface area contributed by atoms with Gasteiger partial charge in [-0.2, -0.15) is 0 Å². The fraction of sp³-hybridized carbons (Fsp3) is 0.897. The van der Waals surface area contributed by atoms with Gasteiger partial charge in [0.2, 0.25) is 5.91 Å². The van der Waals surface area contributed by atoms with Gasteiger partial charge in [-0.1, -0.05) is 365 Å². The van der Waals surface area contributed by atoms with E-state index in [4.69, 9.17) is 4.74 Å². The number of aliphatic hydroxyl groups excluding tert-OH is 2. The standard InChI is InChI=1S/C78H149NO5/c1-3-5-7-9-11-13-15-17-19-21-40-44-48-52-56-60-64-68-72-78(83)84-73-69-65-61-57-53-49-45-41-38-36-34-32-30-28-26-24-22-23-25-27-29-31-33-35-37-39-43-47-51-55-59-63-67-71-77(82)79-75(74-80)76(81)70-66-62-58-54-50-46-42-20-18-16-14-12-10-8-6-4-2/h13,15,19,21,26,28,75-76,80-81H,3-12,14,16-18,20,22-25,27,29-74H2,1-2H3,(H,79,82)/b15-13-,21-19-,28-26-. The molecule has 0 aromatic carbocycles. The Morgan fingerprint density at radius 3 is 0.929 bits per heavy atom. The highest BCUT2D eigenvalue weighted by Crippen LogP contribution is 2.19. The van der Waals surface area contributed by atoms with Crippen molar-refractivity contribution in [2.24, 2.45) is 0 Å². The molecule has 0 bridgehead atoms. The number of hydrogen-bond acceptors (Lipinski definition) is 5. The molecule has 0 radical (unpaired) electrons. The number of unbranched alkanes of at least 4 members (excludes halogenated alkanes) is 55. The molecule has 0 saturated carbocycles. The van der Waals surface area contributed by atoms with E-state index in [9.17, 15) is 19.8 Å². The van der Waals surface area contributed by atoms with Crippen LogP contribution in [0.3, 0.4) is 0 Å². The molecule has 0 aromatic heterocycles. The average molecular weight is 1180 g/mol. The first-order chi connectivity index (χ1) is 41.5. The summed E-state index contributed by atoms with van der Waals surface area (Å²) in [4.78, 5) is 24.6. The molecule has 496 valence electrons. The lowest BCUT2D eigenvalue weighted by Crippen LogP contribution is -2.45. The Hall–Kier alpha value is -1.92. The highest BCUT2D eigenvalue weighted by atomic mass is 16.5. The molecule has 2 unspecified atom stereocenters. The number of nitrogens with one attached hydrogen (secondary N) is 1. The first-order valence-corrected chi connectivity index (χ1v) is 38.2. The van der Waals surface area contributed by atoms with Crippen LogP contribution in [0.1, 0.15) is 425 Å². The molecule has 0 fully saturated rings. The van der Waals surface area contributed by atoms with E-state index in [0.29, 0.717) is 25.9 Å². The van der Waals surface area contributed by atoms with Gasteiger partial charge < -0.3 is 20.3 Å².